The number of fused-ring (bicyclic) bond motifs is 1. The first kappa shape index (κ1) is 35.1. The molecule has 2 atom stereocenters. The highest BCUT2D eigenvalue weighted by Crippen LogP contribution is 2.30. The number of carbonyl (C=O) groups is 2. The van der Waals surface area contributed by atoms with Crippen LogP contribution in [-0.2, 0) is 9.53 Å². The van der Waals surface area contributed by atoms with Crippen LogP contribution in [0.2, 0.25) is 0 Å². The Morgan fingerprint density at radius 3 is 2.52 bits per heavy atom. The van der Waals surface area contributed by atoms with Crippen LogP contribution >= 0.6 is 0 Å². The fraction of sp³-hybridized carbons (Fsp3) is 0.410. The minimum absolute atomic E-state index is 0.0376. The number of aliphatic hydroxyl groups is 1. The number of hydrogen-bond acceptors (Lipinski definition) is 8. The number of aromatic hydroxyl groups is 1. The standard InChI is InChI=1S/C39H47N5O6/c45-34-17-15-31(32-16-18-36(47)42-38(32)34)35(46)25-40-21-7-6-14-37(48)44-22-8-11-28(44)26-43-23-19-29(20-24-43)50-39(49)41-33-13-5-4-12-30(33)27-9-2-1-3-10-27/h1-5,9-10,12-13,15-18,28-29,35,40,45-46H,6-8,11,14,19-26H2,(H,41,49)(H,42,47)/t28-,35+/m0/s1. The SMILES string of the molecule is O=C(Nc1ccccc1-c1ccccc1)OC1CCN(C[C@@H]2CCCN2C(=O)CCCCNC[C@@H](O)c2ccc(O)c3[nH]c(=O)ccc23)CC1. The third kappa shape index (κ3) is 8.90. The second-order valence-corrected chi connectivity index (χ2v) is 13.3. The number of phenols is 1. The molecule has 264 valence electrons. The van der Waals surface area contributed by atoms with Gasteiger partial charge in [0.2, 0.25) is 11.5 Å². The Hall–Kier alpha value is -4.71. The fourth-order valence-corrected chi connectivity index (χ4v) is 7.18. The number of nitrogens with one attached hydrogen (secondary N) is 3. The topological polar surface area (TPSA) is 147 Å². The smallest absolute Gasteiger partial charge is 0.411 e. The van der Waals surface area contributed by atoms with Crippen molar-refractivity contribution in [2.45, 2.75) is 63.2 Å². The van der Waals surface area contributed by atoms with Crippen LogP contribution in [-0.4, -0.2) is 88.4 Å². The first-order valence-electron chi connectivity index (χ1n) is 17.7. The first-order valence-corrected chi connectivity index (χ1v) is 17.7. The van der Waals surface area contributed by atoms with E-state index in [4.69, 9.17) is 4.74 Å². The number of likely N-dealkylation sites (tertiary alicyclic amines) is 2. The monoisotopic (exact) mass is 681 g/mol. The normalized spacial score (nSPS) is 17.5. The molecule has 6 rings (SSSR count). The summed E-state index contributed by atoms with van der Waals surface area (Å²) < 4.78 is 5.82. The Morgan fingerprint density at radius 2 is 1.70 bits per heavy atom. The van der Waals surface area contributed by atoms with Gasteiger partial charge in [0, 0.05) is 62.2 Å². The molecule has 2 fully saturated rings. The number of rotatable bonds is 13. The number of aromatic amines is 1. The maximum absolute atomic E-state index is 13.2. The Bertz CT molecular complexity index is 1810. The van der Waals surface area contributed by atoms with Gasteiger partial charge in [0.15, 0.2) is 0 Å². The molecule has 11 nitrogen and oxygen atoms in total. The number of piperidine rings is 1. The summed E-state index contributed by atoms with van der Waals surface area (Å²) in [5.41, 5.74) is 3.32. The fourth-order valence-electron chi connectivity index (χ4n) is 7.18. The number of carbonyl (C=O) groups excluding carboxylic acids is 2. The van der Waals surface area contributed by atoms with E-state index in [1.165, 1.54) is 12.1 Å². The highest BCUT2D eigenvalue weighted by atomic mass is 16.6. The summed E-state index contributed by atoms with van der Waals surface area (Å²) in [6.07, 6.45) is 4.21. The zero-order valence-corrected chi connectivity index (χ0v) is 28.4. The molecule has 1 aromatic heterocycles. The van der Waals surface area contributed by atoms with E-state index in [-0.39, 0.29) is 29.4 Å². The van der Waals surface area contributed by atoms with E-state index in [1.54, 1.807) is 12.1 Å². The molecule has 0 bridgehead atoms. The molecule has 2 amide bonds. The largest absolute Gasteiger partial charge is 0.506 e. The molecule has 0 unspecified atom stereocenters. The zero-order chi connectivity index (χ0) is 34.9. The third-order valence-electron chi connectivity index (χ3n) is 9.82. The van der Waals surface area contributed by atoms with Gasteiger partial charge in [-0.3, -0.25) is 14.9 Å². The number of phenolic OH excluding ortho intramolecular Hbond substituents is 1. The lowest BCUT2D eigenvalue weighted by Gasteiger charge is -2.35. The van der Waals surface area contributed by atoms with Gasteiger partial charge in [-0.05, 0) is 74.4 Å². The zero-order valence-electron chi connectivity index (χ0n) is 28.4. The minimum Gasteiger partial charge on any atom is -0.506 e. The lowest BCUT2D eigenvalue weighted by atomic mass is 10.0. The quantitative estimate of drug-likeness (QED) is 0.118. The second kappa shape index (κ2) is 16.8. The van der Waals surface area contributed by atoms with E-state index in [0.717, 1.165) is 81.5 Å². The van der Waals surface area contributed by atoms with Crippen LogP contribution in [0.25, 0.3) is 22.0 Å². The minimum atomic E-state index is -0.813. The highest BCUT2D eigenvalue weighted by molar-refractivity contribution is 5.91. The van der Waals surface area contributed by atoms with Gasteiger partial charge >= 0.3 is 6.09 Å². The molecule has 2 aliphatic rings. The van der Waals surface area contributed by atoms with Gasteiger partial charge in [-0.2, -0.15) is 0 Å². The summed E-state index contributed by atoms with van der Waals surface area (Å²) in [6, 6.07) is 24.0. The number of H-pyrrole nitrogens is 1. The van der Waals surface area contributed by atoms with Crippen LogP contribution in [0.5, 0.6) is 5.75 Å². The summed E-state index contributed by atoms with van der Waals surface area (Å²) in [4.78, 5) is 44.7. The van der Waals surface area contributed by atoms with Crippen molar-refractivity contribution in [2.24, 2.45) is 0 Å². The van der Waals surface area contributed by atoms with Crippen LogP contribution < -0.4 is 16.2 Å². The van der Waals surface area contributed by atoms with Crippen molar-refractivity contribution in [3.05, 3.63) is 94.8 Å². The average molecular weight is 682 g/mol. The van der Waals surface area contributed by atoms with Crippen molar-refractivity contribution in [2.75, 3.05) is 44.6 Å². The molecule has 0 spiro atoms. The van der Waals surface area contributed by atoms with Crippen molar-refractivity contribution in [3.63, 3.8) is 0 Å². The van der Waals surface area contributed by atoms with Crippen molar-refractivity contribution in [1.29, 1.82) is 0 Å². The number of ether oxygens (including phenoxy) is 1. The number of para-hydroxylation sites is 1. The molecule has 50 heavy (non-hydrogen) atoms. The number of pyridine rings is 1. The highest BCUT2D eigenvalue weighted by Gasteiger charge is 2.31. The first-order chi connectivity index (χ1) is 24.4. The van der Waals surface area contributed by atoms with E-state index in [2.05, 4.69) is 25.4 Å². The van der Waals surface area contributed by atoms with E-state index < -0.39 is 12.2 Å². The molecule has 4 aromatic rings. The van der Waals surface area contributed by atoms with Gasteiger partial charge in [0.05, 0.1) is 17.3 Å². The van der Waals surface area contributed by atoms with Crippen molar-refractivity contribution >= 4 is 28.6 Å². The maximum Gasteiger partial charge on any atom is 0.411 e. The molecule has 11 heteroatoms. The number of aliphatic hydroxyl groups excluding tert-OH is 1. The molecule has 5 N–H and O–H groups in total. The number of benzene rings is 3. The Balaban J connectivity index is 0.880. The summed E-state index contributed by atoms with van der Waals surface area (Å²) >= 11 is 0. The molecular weight excluding hydrogens is 634 g/mol. The number of hydrogen-bond donors (Lipinski definition) is 5. The van der Waals surface area contributed by atoms with E-state index >= 15 is 0 Å². The van der Waals surface area contributed by atoms with Gasteiger partial charge in [-0.15, -0.1) is 0 Å². The molecule has 0 radical (unpaired) electrons. The lowest BCUT2D eigenvalue weighted by molar-refractivity contribution is -0.132. The molecule has 2 saturated heterocycles. The van der Waals surface area contributed by atoms with Gasteiger partial charge in [-0.25, -0.2) is 4.79 Å². The number of nitrogens with zero attached hydrogens (tertiary/aromatic N) is 2. The predicted octanol–water partition coefficient (Wildman–Crippen LogP) is 5.40. The van der Waals surface area contributed by atoms with E-state index in [1.807, 2.05) is 54.6 Å². The van der Waals surface area contributed by atoms with E-state index in [0.29, 0.717) is 36.0 Å². The summed E-state index contributed by atoms with van der Waals surface area (Å²) in [6.45, 7) is 4.27. The van der Waals surface area contributed by atoms with Crippen molar-refractivity contribution in [1.82, 2.24) is 20.1 Å². The van der Waals surface area contributed by atoms with Crippen LogP contribution in [0.4, 0.5) is 10.5 Å². The second-order valence-electron chi connectivity index (χ2n) is 13.3. The van der Waals surface area contributed by atoms with E-state index in [9.17, 15) is 24.6 Å². The predicted molar refractivity (Wildman–Crippen MR) is 194 cm³/mol. The van der Waals surface area contributed by atoms with Crippen LogP contribution in [0.1, 0.15) is 56.6 Å². The molecular formula is C39H47N5O6. The average Bonchev–Trinajstić information content (AvgIpc) is 3.59. The maximum atomic E-state index is 13.2. The Kier molecular flexibility index (Phi) is 11.8. The van der Waals surface area contributed by atoms with Gasteiger partial charge in [0.1, 0.15) is 11.9 Å². The Labute approximate surface area is 292 Å². The number of amides is 2. The molecule has 0 saturated carbocycles. The number of anilines is 1. The summed E-state index contributed by atoms with van der Waals surface area (Å²) in [5.74, 6) is 0.159. The Morgan fingerprint density at radius 1 is 0.920 bits per heavy atom. The molecule has 3 heterocycles. The van der Waals surface area contributed by atoms with Crippen LogP contribution in [0, 0.1) is 0 Å². The van der Waals surface area contributed by atoms with Crippen molar-refractivity contribution < 1.29 is 24.5 Å². The summed E-state index contributed by atoms with van der Waals surface area (Å²) in [7, 11) is 0. The molecule has 0 aliphatic carbocycles. The molecule has 3 aromatic carbocycles. The summed E-state index contributed by atoms with van der Waals surface area (Å²) in [5, 5.41) is 27.7. The third-order valence-corrected chi connectivity index (χ3v) is 9.82. The van der Waals surface area contributed by atoms with Gasteiger partial charge < -0.3 is 35.1 Å². The van der Waals surface area contributed by atoms with Crippen molar-refractivity contribution in [3.8, 4) is 16.9 Å². The van der Waals surface area contributed by atoms with Crippen LogP contribution in [0.15, 0.2) is 83.7 Å². The number of aromatic nitrogens is 1. The van der Waals surface area contributed by atoms with Crippen LogP contribution in [0.3, 0.4) is 0 Å². The number of unbranched alkanes of at least 4 members (excludes halogenated alkanes) is 1. The molecule has 2 aliphatic heterocycles. The van der Waals surface area contributed by atoms with Gasteiger partial charge in [0.25, 0.3) is 0 Å². The lowest BCUT2D eigenvalue weighted by Crippen LogP contribution is -2.46. The van der Waals surface area contributed by atoms with Gasteiger partial charge in [-0.1, -0.05) is 54.6 Å².